The van der Waals surface area contributed by atoms with E-state index >= 15 is 0 Å². The Kier molecular flexibility index (Phi) is 15.3. The molecule has 1 nitrogen and oxygen atoms in total. The van der Waals surface area contributed by atoms with Crippen LogP contribution >= 0.6 is 0 Å². The van der Waals surface area contributed by atoms with Crippen LogP contribution in [0.25, 0.3) is 0 Å². The zero-order chi connectivity index (χ0) is 23.1. The zero-order valence-corrected chi connectivity index (χ0v) is 21.2. The Morgan fingerprint density at radius 2 is 1.67 bits per heavy atom. The molecule has 0 rings (SSSR count). The van der Waals surface area contributed by atoms with Crippen molar-refractivity contribution in [3.05, 3.63) is 58.6 Å². The number of unbranched alkanes of at least 4 members (excludes halogenated alkanes) is 3. The summed E-state index contributed by atoms with van der Waals surface area (Å²) in [7, 11) is 2.11. The molecule has 0 aromatic rings. The number of halogens is 1. The van der Waals surface area contributed by atoms with E-state index < -0.39 is 0 Å². The summed E-state index contributed by atoms with van der Waals surface area (Å²) in [5, 5.41) is 0. The van der Waals surface area contributed by atoms with Crippen LogP contribution in [0, 0.1) is 5.92 Å². The third-order valence-electron chi connectivity index (χ3n) is 6.23. The van der Waals surface area contributed by atoms with Crippen LogP contribution in [0.4, 0.5) is 4.39 Å². The van der Waals surface area contributed by atoms with Gasteiger partial charge in [0.15, 0.2) is 0 Å². The van der Waals surface area contributed by atoms with Crippen LogP contribution < -0.4 is 0 Å². The molecule has 1 unspecified atom stereocenters. The van der Waals surface area contributed by atoms with Crippen LogP contribution in [0.3, 0.4) is 0 Å². The molecule has 0 aliphatic carbocycles. The molecule has 0 radical (unpaired) electrons. The fraction of sp³-hybridized carbons (Fsp3) is 0.643. The van der Waals surface area contributed by atoms with E-state index in [9.17, 15) is 4.39 Å². The molecule has 0 aliphatic heterocycles. The lowest BCUT2D eigenvalue weighted by Crippen LogP contribution is -2.19. The molecule has 0 saturated heterocycles. The van der Waals surface area contributed by atoms with Crippen LogP contribution in [0.2, 0.25) is 0 Å². The van der Waals surface area contributed by atoms with Gasteiger partial charge in [-0.25, -0.2) is 4.39 Å². The van der Waals surface area contributed by atoms with Gasteiger partial charge in [0.25, 0.3) is 0 Å². The average Bonchev–Trinajstić information content (AvgIpc) is 2.72. The summed E-state index contributed by atoms with van der Waals surface area (Å²) >= 11 is 0. The predicted molar refractivity (Wildman–Crippen MR) is 134 cm³/mol. The van der Waals surface area contributed by atoms with Gasteiger partial charge in [-0.3, -0.25) is 0 Å². The van der Waals surface area contributed by atoms with Crippen molar-refractivity contribution in [2.45, 2.75) is 99.8 Å². The number of hydrogen-bond donors (Lipinski definition) is 0. The van der Waals surface area contributed by atoms with Crippen LogP contribution in [-0.2, 0) is 0 Å². The summed E-state index contributed by atoms with van der Waals surface area (Å²) in [4.78, 5) is 2.22. The van der Waals surface area contributed by atoms with E-state index in [0.29, 0.717) is 5.92 Å². The molecule has 0 bridgehead atoms. The summed E-state index contributed by atoms with van der Waals surface area (Å²) in [6.45, 7) is 19.9. The van der Waals surface area contributed by atoms with Crippen LogP contribution in [0.5, 0.6) is 0 Å². The maximum absolute atomic E-state index is 13.7. The summed E-state index contributed by atoms with van der Waals surface area (Å²) in [6.07, 6.45) is 15.6. The second-order valence-corrected chi connectivity index (χ2v) is 8.62. The molecule has 0 aliphatic rings. The minimum absolute atomic E-state index is 0.0856. The molecule has 0 spiro atoms. The van der Waals surface area contributed by atoms with Crippen molar-refractivity contribution in [2.24, 2.45) is 5.92 Å². The molecule has 0 fully saturated rings. The predicted octanol–water partition coefficient (Wildman–Crippen LogP) is 9.31. The lowest BCUT2D eigenvalue weighted by molar-refractivity contribution is 0.466. The molecule has 2 heteroatoms. The highest BCUT2D eigenvalue weighted by molar-refractivity contribution is 5.35. The van der Waals surface area contributed by atoms with Crippen molar-refractivity contribution in [1.82, 2.24) is 4.90 Å². The molecule has 0 aromatic heterocycles. The third-order valence-corrected chi connectivity index (χ3v) is 6.23. The monoisotopic (exact) mass is 417 g/mol. The smallest absolute Gasteiger partial charge is 0.1000 e. The fourth-order valence-electron chi connectivity index (χ4n) is 3.65. The number of nitrogens with zero attached hydrogens (tertiary/aromatic N) is 1. The number of hydrogen-bond acceptors (Lipinski definition) is 1. The van der Waals surface area contributed by atoms with Gasteiger partial charge < -0.3 is 4.90 Å². The average molecular weight is 418 g/mol. The van der Waals surface area contributed by atoms with Gasteiger partial charge in [0.1, 0.15) is 0 Å². The van der Waals surface area contributed by atoms with E-state index in [1.54, 1.807) is 6.92 Å². The van der Waals surface area contributed by atoms with Crippen LogP contribution in [0.1, 0.15) is 99.8 Å². The van der Waals surface area contributed by atoms with Crippen LogP contribution in [-0.4, -0.2) is 18.5 Å². The van der Waals surface area contributed by atoms with E-state index in [2.05, 4.69) is 71.4 Å². The van der Waals surface area contributed by atoms with E-state index in [1.807, 2.05) is 6.92 Å². The second kappa shape index (κ2) is 16.2. The second-order valence-electron chi connectivity index (χ2n) is 8.62. The summed E-state index contributed by atoms with van der Waals surface area (Å²) < 4.78 is 13.7. The minimum Gasteiger partial charge on any atom is -0.371 e. The molecule has 1 atom stereocenters. The first-order chi connectivity index (χ1) is 14.2. The molecule has 0 heterocycles. The van der Waals surface area contributed by atoms with E-state index in [4.69, 9.17) is 0 Å². The van der Waals surface area contributed by atoms with Crippen molar-refractivity contribution in [1.29, 1.82) is 0 Å². The van der Waals surface area contributed by atoms with Gasteiger partial charge in [-0.15, -0.1) is 0 Å². The maximum Gasteiger partial charge on any atom is 0.1000 e. The van der Waals surface area contributed by atoms with Gasteiger partial charge in [0.2, 0.25) is 0 Å². The van der Waals surface area contributed by atoms with Gasteiger partial charge in [-0.05, 0) is 69.1 Å². The highest BCUT2D eigenvalue weighted by atomic mass is 19.1. The van der Waals surface area contributed by atoms with Gasteiger partial charge in [-0.1, -0.05) is 83.8 Å². The van der Waals surface area contributed by atoms with Crippen LogP contribution in [0.15, 0.2) is 58.6 Å². The highest BCUT2D eigenvalue weighted by Crippen LogP contribution is 2.27. The normalized spacial score (nSPS) is 15.2. The van der Waals surface area contributed by atoms with Crippen molar-refractivity contribution < 1.29 is 4.39 Å². The third kappa shape index (κ3) is 10.5. The topological polar surface area (TPSA) is 3.24 Å². The van der Waals surface area contributed by atoms with E-state index in [1.165, 1.54) is 36.8 Å². The molecule has 0 saturated carbocycles. The Morgan fingerprint density at radius 3 is 2.20 bits per heavy atom. The van der Waals surface area contributed by atoms with E-state index in [0.717, 1.165) is 49.1 Å². The Morgan fingerprint density at radius 1 is 1.03 bits per heavy atom. The number of rotatable bonds is 15. The quantitative estimate of drug-likeness (QED) is 0.189. The minimum atomic E-state index is -0.0856. The summed E-state index contributed by atoms with van der Waals surface area (Å²) in [6, 6.07) is 0. The molecule has 30 heavy (non-hydrogen) atoms. The summed E-state index contributed by atoms with van der Waals surface area (Å²) in [5.74, 6) is 0.521. The van der Waals surface area contributed by atoms with Crippen molar-refractivity contribution in [3.63, 3.8) is 0 Å². The van der Waals surface area contributed by atoms with E-state index in [-0.39, 0.29) is 5.83 Å². The highest BCUT2D eigenvalue weighted by Gasteiger charge is 2.13. The van der Waals surface area contributed by atoms with Gasteiger partial charge in [-0.2, -0.15) is 0 Å². The van der Waals surface area contributed by atoms with Gasteiger partial charge in [0, 0.05) is 19.3 Å². The van der Waals surface area contributed by atoms with Gasteiger partial charge in [0.05, 0.1) is 5.83 Å². The Balaban J connectivity index is 5.15. The lowest BCUT2D eigenvalue weighted by Gasteiger charge is -2.26. The molecule has 0 aromatic carbocycles. The Hall–Kier alpha value is -1.57. The largest absolute Gasteiger partial charge is 0.371 e. The van der Waals surface area contributed by atoms with Crippen molar-refractivity contribution >= 4 is 0 Å². The number of allylic oxidation sites excluding steroid dienone is 7. The molecule has 0 N–H and O–H groups in total. The zero-order valence-electron chi connectivity index (χ0n) is 21.2. The van der Waals surface area contributed by atoms with Crippen molar-refractivity contribution in [2.75, 3.05) is 13.6 Å². The first-order valence-corrected chi connectivity index (χ1v) is 12.0. The number of likely N-dealkylation sites (N-methyl/N-ethyl adjacent to an activating group) is 1. The molecular formula is C28H48FN. The fourth-order valence-corrected chi connectivity index (χ4v) is 3.65. The Bertz CT molecular complexity index is 629. The standard InChI is InChI=1S/C28H48FN/c1-10-13-15-18-22(4)23(5)28(12-3)26(8)30(9)21-17-16-20-27(19-14-11-2)24(6)25(7)29/h16-17,20,22H,8,10-15,18-19,21H2,1-7,9H3/b17-16+,25-24+,27-20-,28-23-. The van der Waals surface area contributed by atoms with Crippen molar-refractivity contribution in [3.8, 4) is 0 Å². The Labute approximate surface area is 187 Å². The van der Waals surface area contributed by atoms with Gasteiger partial charge >= 0.3 is 0 Å². The maximum atomic E-state index is 13.7. The first kappa shape index (κ1) is 28.4. The lowest BCUT2D eigenvalue weighted by atomic mass is 9.90. The summed E-state index contributed by atoms with van der Waals surface area (Å²) in [5.41, 5.74) is 5.86. The molecular weight excluding hydrogens is 369 g/mol. The molecule has 172 valence electrons. The SMILES string of the molecule is C=C(/C(CC)=C(/C)C(C)CCCCC)N(C)C/C=C/C=C(CCCC)\C(C)=C(/C)F. The first-order valence-electron chi connectivity index (χ1n) is 12.0. The molecule has 0 amide bonds.